The van der Waals surface area contributed by atoms with Crippen molar-refractivity contribution in [1.29, 1.82) is 0 Å². The molecule has 1 aromatic heterocycles. The molecule has 0 aliphatic rings. The number of halogens is 2. The van der Waals surface area contributed by atoms with Gasteiger partial charge in [-0.05, 0) is 48.5 Å². The number of hydrogen-bond acceptors (Lipinski definition) is 4. The summed E-state index contributed by atoms with van der Waals surface area (Å²) in [5, 5.41) is 9.55. The van der Waals surface area contributed by atoms with E-state index >= 15 is 0 Å². The van der Waals surface area contributed by atoms with Gasteiger partial charge in [0.2, 0.25) is 0 Å². The molecule has 2 aromatic carbocycles. The molecule has 3 nitrogen and oxygen atoms in total. The number of hydrogen-bond donors (Lipinski definition) is 0. The van der Waals surface area contributed by atoms with Crippen LogP contribution in [0, 0.1) is 5.82 Å². The number of benzene rings is 2. The molecule has 1 heterocycles. The third-order valence-corrected chi connectivity index (χ3v) is 4.75. The number of nitrogens with zero attached hydrogens (tertiary/aromatic N) is 2. The van der Waals surface area contributed by atoms with E-state index in [0.29, 0.717) is 21.4 Å². The fraction of sp³-hybridized carbons (Fsp3) is 0.111. The first-order valence-corrected chi connectivity index (χ1v) is 8.57. The fourth-order valence-corrected chi connectivity index (χ4v) is 3.29. The number of aromatic nitrogens is 2. The molecule has 0 saturated carbocycles. The van der Waals surface area contributed by atoms with Crippen LogP contribution in [-0.2, 0) is 5.75 Å². The van der Waals surface area contributed by atoms with E-state index in [1.807, 2.05) is 36.4 Å². The maximum absolute atomic E-state index is 13.8. The number of methoxy groups -OCH3 is 1. The molecule has 0 aliphatic heterocycles. The van der Waals surface area contributed by atoms with Crippen molar-refractivity contribution in [3.05, 3.63) is 71.0 Å². The second-order valence-corrected chi connectivity index (χ2v) is 6.38. The molecule has 0 spiro atoms. The van der Waals surface area contributed by atoms with Gasteiger partial charge >= 0.3 is 0 Å². The summed E-state index contributed by atoms with van der Waals surface area (Å²) in [6, 6.07) is 16.0. The second kappa shape index (κ2) is 7.64. The van der Waals surface area contributed by atoms with Crippen LogP contribution in [0.2, 0.25) is 5.02 Å². The molecule has 0 atom stereocenters. The van der Waals surface area contributed by atoms with Gasteiger partial charge in [-0.3, -0.25) is 0 Å². The summed E-state index contributed by atoms with van der Waals surface area (Å²) >= 11 is 7.42. The number of thioether (sulfide) groups is 1. The summed E-state index contributed by atoms with van der Waals surface area (Å²) in [5.41, 5.74) is 2.20. The summed E-state index contributed by atoms with van der Waals surface area (Å²) in [4.78, 5) is 0. The molecule has 0 unspecified atom stereocenters. The monoisotopic (exact) mass is 360 g/mol. The molecule has 0 amide bonds. The van der Waals surface area contributed by atoms with Gasteiger partial charge in [0, 0.05) is 21.9 Å². The van der Waals surface area contributed by atoms with E-state index < -0.39 is 0 Å². The highest BCUT2D eigenvalue weighted by atomic mass is 35.5. The minimum absolute atomic E-state index is 0.308. The minimum atomic E-state index is -0.308. The third kappa shape index (κ3) is 3.86. The molecule has 0 N–H and O–H groups in total. The largest absolute Gasteiger partial charge is 0.497 e. The van der Waals surface area contributed by atoms with Gasteiger partial charge in [-0.2, -0.15) is 0 Å². The lowest BCUT2D eigenvalue weighted by Gasteiger charge is -2.06. The van der Waals surface area contributed by atoms with Crippen molar-refractivity contribution in [3.8, 4) is 17.0 Å². The summed E-state index contributed by atoms with van der Waals surface area (Å²) in [6.07, 6.45) is 0. The van der Waals surface area contributed by atoms with Gasteiger partial charge in [0.25, 0.3) is 0 Å². The van der Waals surface area contributed by atoms with Crippen molar-refractivity contribution in [2.75, 3.05) is 7.11 Å². The van der Waals surface area contributed by atoms with Crippen LogP contribution >= 0.6 is 23.4 Å². The zero-order valence-corrected chi connectivity index (χ0v) is 14.4. The standard InChI is InChI=1S/C18H14ClFN2OS/c1-23-13-7-5-12(6-8-13)17-9-10-18(22-21-17)24-11-14-15(19)3-2-4-16(14)20/h2-10H,11H2,1H3. The predicted molar refractivity (Wildman–Crippen MR) is 95.0 cm³/mol. The van der Waals surface area contributed by atoms with E-state index in [2.05, 4.69) is 10.2 Å². The van der Waals surface area contributed by atoms with Crippen LogP contribution in [0.3, 0.4) is 0 Å². The molecule has 0 saturated heterocycles. The van der Waals surface area contributed by atoms with E-state index in [9.17, 15) is 4.39 Å². The van der Waals surface area contributed by atoms with Gasteiger partial charge < -0.3 is 4.74 Å². The Kier molecular flexibility index (Phi) is 5.33. The summed E-state index contributed by atoms with van der Waals surface area (Å²) in [5.74, 6) is 0.890. The van der Waals surface area contributed by atoms with Gasteiger partial charge in [-0.25, -0.2) is 4.39 Å². The summed E-state index contributed by atoms with van der Waals surface area (Å²) in [7, 11) is 1.63. The Labute approximate surface area is 148 Å². The van der Waals surface area contributed by atoms with Crippen molar-refractivity contribution >= 4 is 23.4 Å². The van der Waals surface area contributed by atoms with Gasteiger partial charge in [0.15, 0.2) is 0 Å². The normalized spacial score (nSPS) is 10.6. The topological polar surface area (TPSA) is 35.0 Å². The Hall–Kier alpha value is -2.11. The van der Waals surface area contributed by atoms with E-state index in [1.165, 1.54) is 17.8 Å². The summed E-state index contributed by atoms with van der Waals surface area (Å²) < 4.78 is 18.9. The number of ether oxygens (including phenoxy) is 1. The Balaban J connectivity index is 1.70. The second-order valence-electron chi connectivity index (χ2n) is 4.97. The van der Waals surface area contributed by atoms with Crippen LogP contribution in [0.1, 0.15) is 5.56 Å². The highest BCUT2D eigenvalue weighted by Gasteiger charge is 2.08. The molecule has 0 radical (unpaired) electrons. The highest BCUT2D eigenvalue weighted by molar-refractivity contribution is 7.98. The molecule has 0 fully saturated rings. The van der Waals surface area contributed by atoms with Gasteiger partial charge in [-0.1, -0.05) is 29.4 Å². The van der Waals surface area contributed by atoms with Crippen molar-refractivity contribution < 1.29 is 9.13 Å². The maximum Gasteiger partial charge on any atom is 0.128 e. The molecule has 122 valence electrons. The van der Waals surface area contributed by atoms with Crippen molar-refractivity contribution in [2.45, 2.75) is 10.8 Å². The Morgan fingerprint density at radius 3 is 2.46 bits per heavy atom. The first-order valence-electron chi connectivity index (χ1n) is 7.21. The van der Waals surface area contributed by atoms with Crippen molar-refractivity contribution in [3.63, 3.8) is 0 Å². The van der Waals surface area contributed by atoms with Gasteiger partial charge in [0.1, 0.15) is 16.6 Å². The van der Waals surface area contributed by atoms with E-state index in [1.54, 1.807) is 19.2 Å². The molecule has 24 heavy (non-hydrogen) atoms. The lowest BCUT2D eigenvalue weighted by atomic mass is 10.1. The zero-order chi connectivity index (χ0) is 16.9. The van der Waals surface area contributed by atoms with Crippen LogP contribution in [0.5, 0.6) is 5.75 Å². The highest BCUT2D eigenvalue weighted by Crippen LogP contribution is 2.28. The van der Waals surface area contributed by atoms with Crippen LogP contribution in [0.4, 0.5) is 4.39 Å². The smallest absolute Gasteiger partial charge is 0.128 e. The lowest BCUT2D eigenvalue weighted by Crippen LogP contribution is -1.92. The molecule has 3 aromatic rings. The fourth-order valence-electron chi connectivity index (χ4n) is 2.13. The predicted octanol–water partition coefficient (Wildman–Crippen LogP) is 5.24. The molecular formula is C18H14ClFN2OS. The Morgan fingerprint density at radius 2 is 1.83 bits per heavy atom. The molecular weight excluding hydrogens is 347 g/mol. The number of rotatable bonds is 5. The van der Waals surface area contributed by atoms with Crippen LogP contribution in [0.25, 0.3) is 11.3 Å². The summed E-state index contributed by atoms with van der Waals surface area (Å²) in [6.45, 7) is 0. The minimum Gasteiger partial charge on any atom is -0.497 e. The van der Waals surface area contributed by atoms with Crippen molar-refractivity contribution in [2.24, 2.45) is 0 Å². The first kappa shape index (κ1) is 16.7. The molecule has 0 bridgehead atoms. The third-order valence-electron chi connectivity index (χ3n) is 3.45. The molecule has 6 heteroatoms. The average Bonchev–Trinajstić information content (AvgIpc) is 2.62. The van der Waals surface area contributed by atoms with Gasteiger partial charge in [0.05, 0.1) is 12.8 Å². The quantitative estimate of drug-likeness (QED) is 0.583. The van der Waals surface area contributed by atoms with Crippen LogP contribution in [0.15, 0.2) is 59.6 Å². The SMILES string of the molecule is COc1ccc(-c2ccc(SCc3c(F)cccc3Cl)nn2)cc1. The first-order chi connectivity index (χ1) is 11.7. The molecule has 3 rings (SSSR count). The van der Waals surface area contributed by atoms with E-state index in [-0.39, 0.29) is 5.82 Å². The zero-order valence-electron chi connectivity index (χ0n) is 12.9. The Morgan fingerprint density at radius 1 is 1.04 bits per heavy atom. The molecule has 0 aliphatic carbocycles. The van der Waals surface area contributed by atoms with Crippen LogP contribution < -0.4 is 4.74 Å². The Bertz CT molecular complexity index is 805. The van der Waals surface area contributed by atoms with E-state index in [4.69, 9.17) is 16.3 Å². The van der Waals surface area contributed by atoms with E-state index in [0.717, 1.165) is 17.0 Å². The maximum atomic E-state index is 13.8. The van der Waals surface area contributed by atoms with Crippen LogP contribution in [-0.4, -0.2) is 17.3 Å². The lowest BCUT2D eigenvalue weighted by molar-refractivity contribution is 0.415. The average molecular weight is 361 g/mol. The van der Waals surface area contributed by atoms with Gasteiger partial charge in [-0.15, -0.1) is 10.2 Å². The van der Waals surface area contributed by atoms with Crippen molar-refractivity contribution in [1.82, 2.24) is 10.2 Å².